The zero-order valence-electron chi connectivity index (χ0n) is 9.57. The summed E-state index contributed by atoms with van der Waals surface area (Å²) in [7, 11) is 3.96. The van der Waals surface area contributed by atoms with Crippen LogP contribution in [0.15, 0.2) is 18.2 Å². The molecule has 0 saturated carbocycles. The molecule has 1 aromatic carbocycles. The highest BCUT2D eigenvalue weighted by atomic mass is 19.1. The Bertz CT molecular complexity index is 353. The molecular formula is C12H16FNO2. The van der Waals surface area contributed by atoms with Gasteiger partial charge in [-0.25, -0.2) is 4.39 Å². The van der Waals surface area contributed by atoms with Gasteiger partial charge in [-0.3, -0.25) is 4.79 Å². The molecule has 0 amide bonds. The molecule has 0 aromatic heterocycles. The molecule has 0 heterocycles. The van der Waals surface area contributed by atoms with Crippen LogP contribution < -0.4 is 4.74 Å². The van der Waals surface area contributed by atoms with Gasteiger partial charge in [0.15, 0.2) is 0 Å². The maximum Gasteiger partial charge on any atom is 0.150 e. The first-order valence-corrected chi connectivity index (χ1v) is 5.15. The van der Waals surface area contributed by atoms with Crippen LogP contribution in [0, 0.1) is 5.82 Å². The van der Waals surface area contributed by atoms with E-state index in [9.17, 15) is 9.18 Å². The van der Waals surface area contributed by atoms with Crippen LogP contribution in [-0.4, -0.2) is 38.4 Å². The largest absolute Gasteiger partial charge is 0.493 e. The minimum Gasteiger partial charge on any atom is -0.493 e. The molecule has 88 valence electrons. The Labute approximate surface area is 94.8 Å². The van der Waals surface area contributed by atoms with Crippen LogP contribution >= 0.6 is 0 Å². The van der Waals surface area contributed by atoms with E-state index in [1.807, 2.05) is 19.0 Å². The molecule has 0 spiro atoms. The molecule has 0 aliphatic carbocycles. The van der Waals surface area contributed by atoms with Crippen molar-refractivity contribution in [2.24, 2.45) is 0 Å². The lowest BCUT2D eigenvalue weighted by Crippen LogP contribution is -2.15. The molecule has 0 unspecified atom stereocenters. The average molecular weight is 225 g/mol. The standard InChI is InChI=1S/C12H16FNO2/c1-14(2)4-3-5-16-12-7-10(9-15)6-11(13)8-12/h6-9H,3-5H2,1-2H3. The number of benzene rings is 1. The van der Waals surface area contributed by atoms with Gasteiger partial charge in [-0.2, -0.15) is 0 Å². The third-order valence-corrected chi connectivity index (χ3v) is 2.05. The second-order valence-electron chi connectivity index (χ2n) is 3.84. The molecular weight excluding hydrogens is 209 g/mol. The lowest BCUT2D eigenvalue weighted by atomic mass is 10.2. The SMILES string of the molecule is CN(C)CCCOc1cc(F)cc(C=O)c1. The zero-order valence-corrected chi connectivity index (χ0v) is 9.57. The first kappa shape index (κ1) is 12.6. The summed E-state index contributed by atoms with van der Waals surface area (Å²) in [4.78, 5) is 12.5. The van der Waals surface area contributed by atoms with Crippen LogP contribution in [0.1, 0.15) is 16.8 Å². The smallest absolute Gasteiger partial charge is 0.150 e. The molecule has 0 atom stereocenters. The van der Waals surface area contributed by atoms with Crippen molar-refractivity contribution in [2.75, 3.05) is 27.2 Å². The summed E-state index contributed by atoms with van der Waals surface area (Å²) < 4.78 is 18.4. The highest BCUT2D eigenvalue weighted by molar-refractivity contribution is 5.75. The second kappa shape index (κ2) is 6.23. The fourth-order valence-corrected chi connectivity index (χ4v) is 1.31. The fourth-order valence-electron chi connectivity index (χ4n) is 1.31. The number of ether oxygens (including phenoxy) is 1. The van der Waals surface area contributed by atoms with Gasteiger partial charge in [-0.1, -0.05) is 0 Å². The van der Waals surface area contributed by atoms with Crippen molar-refractivity contribution < 1.29 is 13.9 Å². The van der Waals surface area contributed by atoms with Gasteiger partial charge in [0.2, 0.25) is 0 Å². The summed E-state index contributed by atoms with van der Waals surface area (Å²) in [5.74, 6) is -0.0481. The van der Waals surface area contributed by atoms with E-state index in [1.165, 1.54) is 18.2 Å². The van der Waals surface area contributed by atoms with E-state index < -0.39 is 5.82 Å². The molecule has 3 nitrogen and oxygen atoms in total. The molecule has 0 fully saturated rings. The van der Waals surface area contributed by atoms with Gasteiger partial charge in [-0.05, 0) is 32.6 Å². The summed E-state index contributed by atoms with van der Waals surface area (Å²) in [5, 5.41) is 0. The number of carbonyl (C=O) groups is 1. The number of hydrogen-bond donors (Lipinski definition) is 0. The van der Waals surface area contributed by atoms with Gasteiger partial charge >= 0.3 is 0 Å². The minimum atomic E-state index is -0.452. The Morgan fingerprint density at radius 3 is 2.75 bits per heavy atom. The first-order chi connectivity index (χ1) is 7.61. The average Bonchev–Trinajstić information content (AvgIpc) is 2.23. The molecule has 0 aliphatic heterocycles. The predicted molar refractivity (Wildman–Crippen MR) is 60.5 cm³/mol. The number of carbonyl (C=O) groups excluding carboxylic acids is 1. The Kier molecular flexibility index (Phi) is 4.92. The monoisotopic (exact) mass is 225 g/mol. The normalized spacial score (nSPS) is 10.5. The van der Waals surface area contributed by atoms with Crippen molar-refractivity contribution in [3.63, 3.8) is 0 Å². The quantitative estimate of drug-likeness (QED) is 0.547. The highest BCUT2D eigenvalue weighted by Crippen LogP contribution is 2.15. The Morgan fingerprint density at radius 1 is 1.38 bits per heavy atom. The molecule has 4 heteroatoms. The van der Waals surface area contributed by atoms with Gasteiger partial charge in [0.1, 0.15) is 17.9 Å². The van der Waals surface area contributed by atoms with E-state index >= 15 is 0 Å². The topological polar surface area (TPSA) is 29.5 Å². The van der Waals surface area contributed by atoms with Crippen molar-refractivity contribution in [1.82, 2.24) is 4.90 Å². The molecule has 0 N–H and O–H groups in total. The van der Waals surface area contributed by atoms with Crippen molar-refractivity contribution >= 4 is 6.29 Å². The van der Waals surface area contributed by atoms with E-state index in [0.717, 1.165) is 13.0 Å². The minimum absolute atomic E-state index is 0.294. The Hall–Kier alpha value is -1.42. The summed E-state index contributed by atoms with van der Waals surface area (Å²) in [6, 6.07) is 3.99. The van der Waals surface area contributed by atoms with E-state index in [4.69, 9.17) is 4.74 Å². The molecule has 0 radical (unpaired) electrons. The third-order valence-electron chi connectivity index (χ3n) is 2.05. The summed E-state index contributed by atoms with van der Waals surface area (Å²) >= 11 is 0. The number of aldehydes is 1. The number of hydrogen-bond acceptors (Lipinski definition) is 3. The van der Waals surface area contributed by atoms with E-state index in [1.54, 1.807) is 0 Å². The number of nitrogens with zero attached hydrogens (tertiary/aromatic N) is 1. The Balaban J connectivity index is 2.47. The second-order valence-corrected chi connectivity index (χ2v) is 3.84. The van der Waals surface area contributed by atoms with Crippen LogP contribution in [0.5, 0.6) is 5.75 Å². The van der Waals surface area contributed by atoms with Gasteiger partial charge in [0.05, 0.1) is 6.61 Å². The molecule has 0 aliphatic rings. The van der Waals surface area contributed by atoms with Crippen LogP contribution in [0.25, 0.3) is 0 Å². The van der Waals surface area contributed by atoms with Crippen molar-refractivity contribution in [1.29, 1.82) is 0 Å². The van der Waals surface area contributed by atoms with Crippen LogP contribution in [0.3, 0.4) is 0 Å². The van der Waals surface area contributed by atoms with Gasteiger partial charge in [0, 0.05) is 18.2 Å². The number of rotatable bonds is 6. The molecule has 1 aromatic rings. The van der Waals surface area contributed by atoms with E-state index in [2.05, 4.69) is 0 Å². The van der Waals surface area contributed by atoms with Gasteiger partial charge < -0.3 is 9.64 Å². The van der Waals surface area contributed by atoms with Gasteiger partial charge in [0.25, 0.3) is 0 Å². The van der Waals surface area contributed by atoms with Crippen LogP contribution in [-0.2, 0) is 0 Å². The van der Waals surface area contributed by atoms with Crippen LogP contribution in [0.2, 0.25) is 0 Å². The zero-order chi connectivity index (χ0) is 12.0. The van der Waals surface area contributed by atoms with Gasteiger partial charge in [-0.15, -0.1) is 0 Å². The lowest BCUT2D eigenvalue weighted by molar-refractivity contribution is 0.112. The summed E-state index contributed by atoms with van der Waals surface area (Å²) in [6.07, 6.45) is 1.47. The van der Waals surface area contributed by atoms with E-state index in [0.29, 0.717) is 24.2 Å². The fraction of sp³-hybridized carbons (Fsp3) is 0.417. The molecule has 16 heavy (non-hydrogen) atoms. The molecule has 0 saturated heterocycles. The lowest BCUT2D eigenvalue weighted by Gasteiger charge is -2.10. The predicted octanol–water partition coefficient (Wildman–Crippen LogP) is 1.97. The van der Waals surface area contributed by atoms with Crippen LogP contribution in [0.4, 0.5) is 4.39 Å². The first-order valence-electron chi connectivity index (χ1n) is 5.15. The summed E-state index contributed by atoms with van der Waals surface area (Å²) in [6.45, 7) is 1.43. The Morgan fingerprint density at radius 2 is 2.12 bits per heavy atom. The van der Waals surface area contributed by atoms with Crippen molar-refractivity contribution in [2.45, 2.75) is 6.42 Å². The highest BCUT2D eigenvalue weighted by Gasteiger charge is 2.01. The van der Waals surface area contributed by atoms with E-state index in [-0.39, 0.29) is 0 Å². The van der Waals surface area contributed by atoms with Crippen molar-refractivity contribution in [3.05, 3.63) is 29.6 Å². The molecule has 1 rings (SSSR count). The molecule has 0 bridgehead atoms. The number of halogens is 1. The maximum atomic E-state index is 13.0. The third kappa shape index (κ3) is 4.40. The van der Waals surface area contributed by atoms with Crippen molar-refractivity contribution in [3.8, 4) is 5.75 Å². The maximum absolute atomic E-state index is 13.0. The summed E-state index contributed by atoms with van der Waals surface area (Å²) in [5.41, 5.74) is 0.294.